The molecular weight excluding hydrogens is 294 g/mol. The van der Waals surface area contributed by atoms with Crippen molar-refractivity contribution in [1.29, 1.82) is 0 Å². The number of nitrogens with two attached hydrogens (primary N) is 1. The molecule has 0 saturated carbocycles. The van der Waals surface area contributed by atoms with Gasteiger partial charge >= 0.3 is 0 Å². The molecule has 2 rings (SSSR count). The number of hydrogen-bond donors (Lipinski definition) is 1. The molecule has 0 aliphatic heterocycles. The summed E-state index contributed by atoms with van der Waals surface area (Å²) in [6.45, 7) is 0. The molecule has 0 radical (unpaired) electrons. The first-order valence-corrected chi connectivity index (χ1v) is 9.04. The standard InChI is InChI=1S/C14H15NO3S2/c15-20(17,18)11-19(16)14(12-7-3-1-4-8-12)13-9-5-2-6-10-13/h1-10,14H,11H2,(H2,15,17,18)/t19-/m0/s1. The van der Waals surface area contributed by atoms with E-state index in [0.717, 1.165) is 11.1 Å². The maximum absolute atomic E-state index is 12.4. The van der Waals surface area contributed by atoms with Crippen LogP contribution in [0.3, 0.4) is 0 Å². The van der Waals surface area contributed by atoms with Gasteiger partial charge < -0.3 is 0 Å². The molecule has 1 atom stereocenters. The van der Waals surface area contributed by atoms with Gasteiger partial charge in [0.05, 0.1) is 5.25 Å². The molecule has 106 valence electrons. The first-order valence-electron chi connectivity index (χ1n) is 5.95. The Balaban J connectivity index is 2.43. The molecule has 2 aromatic rings. The minimum atomic E-state index is -3.78. The van der Waals surface area contributed by atoms with E-state index >= 15 is 0 Å². The highest BCUT2D eigenvalue weighted by Gasteiger charge is 2.24. The summed E-state index contributed by atoms with van der Waals surface area (Å²) in [5.41, 5.74) is 1.61. The van der Waals surface area contributed by atoms with Crippen molar-refractivity contribution >= 4 is 20.8 Å². The zero-order chi connectivity index (χ0) is 14.6. The van der Waals surface area contributed by atoms with Crippen LogP contribution in [0.5, 0.6) is 0 Å². The molecule has 0 aromatic heterocycles. The molecule has 6 heteroatoms. The van der Waals surface area contributed by atoms with Crippen molar-refractivity contribution in [2.24, 2.45) is 5.14 Å². The molecule has 20 heavy (non-hydrogen) atoms. The van der Waals surface area contributed by atoms with Crippen LogP contribution in [-0.2, 0) is 20.8 Å². The lowest BCUT2D eigenvalue weighted by atomic mass is 10.0. The number of hydrogen-bond acceptors (Lipinski definition) is 3. The van der Waals surface area contributed by atoms with Crippen LogP contribution in [0, 0.1) is 0 Å². The molecule has 0 fully saturated rings. The van der Waals surface area contributed by atoms with Crippen LogP contribution in [0.25, 0.3) is 0 Å². The zero-order valence-electron chi connectivity index (χ0n) is 10.7. The van der Waals surface area contributed by atoms with E-state index in [1.54, 1.807) is 0 Å². The van der Waals surface area contributed by atoms with Gasteiger partial charge in [0.1, 0.15) is 5.08 Å². The molecule has 2 N–H and O–H groups in total. The average molecular weight is 309 g/mol. The van der Waals surface area contributed by atoms with Crippen LogP contribution in [0.15, 0.2) is 60.7 Å². The molecule has 0 heterocycles. The van der Waals surface area contributed by atoms with Gasteiger partial charge in [-0.05, 0) is 11.1 Å². The number of benzene rings is 2. The van der Waals surface area contributed by atoms with Gasteiger partial charge in [0.15, 0.2) is 0 Å². The fourth-order valence-corrected chi connectivity index (χ4v) is 4.74. The molecule has 0 aliphatic rings. The van der Waals surface area contributed by atoms with Gasteiger partial charge in [0.2, 0.25) is 10.0 Å². The normalized spacial score (nSPS) is 13.3. The fraction of sp³-hybridized carbons (Fsp3) is 0.143. The summed E-state index contributed by atoms with van der Waals surface area (Å²) in [6.07, 6.45) is 0. The molecule has 2 aromatic carbocycles. The van der Waals surface area contributed by atoms with Gasteiger partial charge in [-0.2, -0.15) is 0 Å². The Morgan fingerprint density at radius 1 is 0.900 bits per heavy atom. The van der Waals surface area contributed by atoms with Crippen molar-refractivity contribution in [2.75, 3.05) is 5.08 Å². The predicted octanol–water partition coefficient (Wildman–Crippen LogP) is 1.77. The molecule has 0 amide bonds. The van der Waals surface area contributed by atoms with Gasteiger partial charge in [-0.3, -0.25) is 4.21 Å². The van der Waals surface area contributed by atoms with E-state index in [2.05, 4.69) is 0 Å². The first kappa shape index (κ1) is 14.9. The summed E-state index contributed by atoms with van der Waals surface area (Å²) in [5.74, 6) is 0. The first-order chi connectivity index (χ1) is 9.47. The van der Waals surface area contributed by atoms with E-state index in [1.165, 1.54) is 0 Å². The lowest BCUT2D eigenvalue weighted by Crippen LogP contribution is -2.23. The van der Waals surface area contributed by atoms with Crippen LogP contribution in [-0.4, -0.2) is 17.7 Å². The van der Waals surface area contributed by atoms with E-state index < -0.39 is 31.2 Å². The minimum Gasteiger partial charge on any atom is -0.257 e. The summed E-state index contributed by atoms with van der Waals surface area (Å²) < 4.78 is 34.8. The molecule has 0 spiro atoms. The van der Waals surface area contributed by atoms with Gasteiger partial charge in [-0.15, -0.1) is 0 Å². The molecule has 0 aliphatic carbocycles. The lowest BCUT2D eigenvalue weighted by Gasteiger charge is -2.17. The number of sulfonamides is 1. The zero-order valence-corrected chi connectivity index (χ0v) is 12.3. The van der Waals surface area contributed by atoms with Crippen molar-refractivity contribution in [3.8, 4) is 0 Å². The predicted molar refractivity (Wildman–Crippen MR) is 80.8 cm³/mol. The Hall–Kier alpha value is -1.50. The van der Waals surface area contributed by atoms with Crippen molar-refractivity contribution in [3.05, 3.63) is 71.8 Å². The smallest absolute Gasteiger partial charge is 0.221 e. The minimum absolute atomic E-state index is 0.504. The van der Waals surface area contributed by atoms with E-state index in [-0.39, 0.29) is 0 Å². The van der Waals surface area contributed by atoms with E-state index in [0.29, 0.717) is 0 Å². The van der Waals surface area contributed by atoms with E-state index in [4.69, 9.17) is 5.14 Å². The third kappa shape index (κ3) is 4.00. The van der Waals surface area contributed by atoms with Crippen LogP contribution in [0.4, 0.5) is 0 Å². The van der Waals surface area contributed by atoms with Crippen LogP contribution in [0.1, 0.15) is 16.4 Å². The maximum atomic E-state index is 12.4. The van der Waals surface area contributed by atoms with Crippen LogP contribution in [0.2, 0.25) is 0 Å². The second kappa shape index (κ2) is 6.30. The molecule has 0 saturated heterocycles. The SMILES string of the molecule is NS(=O)(=O)C[S@](=O)C(c1ccccc1)c1ccccc1. The highest BCUT2D eigenvalue weighted by molar-refractivity contribution is 8.04. The van der Waals surface area contributed by atoms with Gasteiger partial charge in [-0.1, -0.05) is 60.7 Å². The Labute approximate surface area is 121 Å². The Morgan fingerprint density at radius 3 is 1.65 bits per heavy atom. The Kier molecular flexibility index (Phi) is 4.69. The summed E-state index contributed by atoms with van der Waals surface area (Å²) in [7, 11) is -5.43. The van der Waals surface area contributed by atoms with Gasteiger partial charge in [0.25, 0.3) is 0 Å². The Bertz CT molecular complexity index is 645. The van der Waals surface area contributed by atoms with Crippen LogP contribution < -0.4 is 5.14 Å². The second-order valence-corrected chi connectivity index (χ2v) is 7.86. The van der Waals surface area contributed by atoms with Crippen molar-refractivity contribution < 1.29 is 12.6 Å². The monoisotopic (exact) mass is 309 g/mol. The van der Waals surface area contributed by atoms with E-state index in [1.807, 2.05) is 60.7 Å². The van der Waals surface area contributed by atoms with Crippen molar-refractivity contribution in [1.82, 2.24) is 0 Å². The summed E-state index contributed by atoms with van der Waals surface area (Å²) in [4.78, 5) is 0. The summed E-state index contributed by atoms with van der Waals surface area (Å²) in [6, 6.07) is 18.4. The van der Waals surface area contributed by atoms with Crippen molar-refractivity contribution in [3.63, 3.8) is 0 Å². The molecule has 0 unspecified atom stereocenters. The quantitative estimate of drug-likeness (QED) is 0.914. The second-order valence-electron chi connectivity index (χ2n) is 4.36. The largest absolute Gasteiger partial charge is 0.257 e. The Morgan fingerprint density at radius 2 is 1.30 bits per heavy atom. The lowest BCUT2D eigenvalue weighted by molar-refractivity contribution is 0.601. The maximum Gasteiger partial charge on any atom is 0.221 e. The van der Waals surface area contributed by atoms with Gasteiger partial charge in [-0.25, -0.2) is 13.6 Å². The average Bonchev–Trinajstić information content (AvgIpc) is 2.39. The fourth-order valence-electron chi connectivity index (χ4n) is 1.98. The number of primary sulfonamides is 1. The summed E-state index contributed by atoms with van der Waals surface area (Å²) in [5, 5.41) is 3.95. The third-order valence-electron chi connectivity index (χ3n) is 2.75. The third-order valence-corrected chi connectivity index (χ3v) is 6.06. The highest BCUT2D eigenvalue weighted by atomic mass is 32.3. The molecule has 0 bridgehead atoms. The summed E-state index contributed by atoms with van der Waals surface area (Å²) >= 11 is 0. The van der Waals surface area contributed by atoms with Gasteiger partial charge in [0, 0.05) is 10.8 Å². The highest BCUT2D eigenvalue weighted by Crippen LogP contribution is 2.28. The molecular formula is C14H15NO3S2. The van der Waals surface area contributed by atoms with E-state index in [9.17, 15) is 12.6 Å². The van der Waals surface area contributed by atoms with Crippen molar-refractivity contribution in [2.45, 2.75) is 5.25 Å². The van der Waals surface area contributed by atoms with Crippen LogP contribution >= 0.6 is 0 Å². The number of rotatable bonds is 5. The topological polar surface area (TPSA) is 77.2 Å². The molecule has 4 nitrogen and oxygen atoms in total.